The quantitative estimate of drug-likeness (QED) is 0.729. The molecule has 1 aromatic carbocycles. The Kier molecular flexibility index (Phi) is 2.50. The molecule has 1 amide bonds. The Balaban J connectivity index is 2.75. The first kappa shape index (κ1) is 10.9. The summed E-state index contributed by atoms with van der Waals surface area (Å²) in [5.74, 6) is -0.427. The van der Waals surface area contributed by atoms with Crippen LogP contribution < -0.4 is 0 Å². The summed E-state index contributed by atoms with van der Waals surface area (Å²) in [6, 6.07) is 4.82. The number of sulfonamides is 1. The first-order chi connectivity index (χ1) is 6.98. The van der Waals surface area contributed by atoms with Gasteiger partial charge in [0, 0.05) is 10.1 Å². The molecule has 4 nitrogen and oxygen atoms in total. The van der Waals surface area contributed by atoms with Gasteiger partial charge in [0.15, 0.2) is 0 Å². The van der Waals surface area contributed by atoms with Gasteiger partial charge in [-0.2, -0.15) is 0 Å². The van der Waals surface area contributed by atoms with Crippen molar-refractivity contribution in [1.29, 1.82) is 0 Å². The predicted molar refractivity (Wildman–Crippen MR) is 63.1 cm³/mol. The fraction of sp³-hybridized carbons (Fsp3) is 0.222. The van der Waals surface area contributed by atoms with E-state index in [1.807, 2.05) is 22.6 Å². The lowest BCUT2D eigenvalue weighted by molar-refractivity contribution is 0.0876. The number of benzene rings is 1. The van der Waals surface area contributed by atoms with E-state index in [2.05, 4.69) is 0 Å². The van der Waals surface area contributed by atoms with Crippen LogP contribution in [-0.4, -0.2) is 25.2 Å². The molecule has 0 N–H and O–H groups in total. The third-order valence-electron chi connectivity index (χ3n) is 2.26. The van der Waals surface area contributed by atoms with E-state index in [4.69, 9.17) is 0 Å². The van der Waals surface area contributed by atoms with E-state index in [9.17, 15) is 13.2 Å². The highest BCUT2D eigenvalue weighted by atomic mass is 127. The maximum atomic E-state index is 11.9. The van der Waals surface area contributed by atoms with Gasteiger partial charge in [0.1, 0.15) is 4.90 Å². The molecular formula is C9H8INO3S. The van der Waals surface area contributed by atoms with Crippen molar-refractivity contribution in [2.45, 2.75) is 11.8 Å². The van der Waals surface area contributed by atoms with Crippen LogP contribution in [0.4, 0.5) is 0 Å². The standard InChI is InChI=1S/C9H8INO3S/c1-2-11-9(12)7-4-3-6(10)5-8(7)15(11,13)14/h3-5H,2H2,1H3. The molecule has 0 aliphatic carbocycles. The second-order valence-corrected chi connectivity index (χ2v) is 6.19. The molecule has 0 saturated carbocycles. The van der Waals surface area contributed by atoms with E-state index in [-0.39, 0.29) is 17.0 Å². The molecule has 0 saturated heterocycles. The van der Waals surface area contributed by atoms with E-state index < -0.39 is 15.9 Å². The summed E-state index contributed by atoms with van der Waals surface area (Å²) in [5, 5.41) is 0. The normalized spacial score (nSPS) is 18.0. The molecule has 1 aromatic rings. The molecule has 0 aromatic heterocycles. The molecule has 1 aliphatic rings. The third kappa shape index (κ3) is 1.46. The number of carbonyl (C=O) groups is 1. The minimum Gasteiger partial charge on any atom is -0.268 e. The highest BCUT2D eigenvalue weighted by molar-refractivity contribution is 14.1. The Morgan fingerprint density at radius 2 is 2.07 bits per heavy atom. The topological polar surface area (TPSA) is 54.5 Å². The van der Waals surface area contributed by atoms with E-state index in [0.29, 0.717) is 0 Å². The van der Waals surface area contributed by atoms with E-state index in [1.165, 1.54) is 6.07 Å². The van der Waals surface area contributed by atoms with Crippen LogP contribution in [0.1, 0.15) is 17.3 Å². The minimum absolute atomic E-state index is 0.126. The summed E-state index contributed by atoms with van der Waals surface area (Å²) in [4.78, 5) is 11.8. The fourth-order valence-corrected chi connectivity index (χ4v) is 3.87. The smallest absolute Gasteiger partial charge is 0.268 e. The van der Waals surface area contributed by atoms with Crippen LogP contribution in [0.25, 0.3) is 0 Å². The summed E-state index contributed by atoms with van der Waals surface area (Å²) < 4.78 is 25.5. The number of carbonyl (C=O) groups excluding carboxylic acids is 1. The predicted octanol–water partition coefficient (Wildman–Crippen LogP) is 1.46. The number of hydrogen-bond donors (Lipinski definition) is 0. The second kappa shape index (κ2) is 3.44. The van der Waals surface area contributed by atoms with Crippen molar-refractivity contribution >= 4 is 38.5 Å². The zero-order valence-electron chi connectivity index (χ0n) is 7.90. The molecule has 0 bridgehead atoms. The van der Waals surface area contributed by atoms with Crippen molar-refractivity contribution in [3.05, 3.63) is 27.3 Å². The Morgan fingerprint density at radius 3 is 2.67 bits per heavy atom. The van der Waals surface area contributed by atoms with Crippen LogP contribution in [0.3, 0.4) is 0 Å². The van der Waals surface area contributed by atoms with Crippen LogP contribution in [0.15, 0.2) is 23.1 Å². The monoisotopic (exact) mass is 337 g/mol. The molecule has 0 unspecified atom stereocenters. The first-order valence-corrected chi connectivity index (χ1v) is 6.87. The molecule has 1 heterocycles. The lowest BCUT2D eigenvalue weighted by Crippen LogP contribution is -2.29. The third-order valence-corrected chi connectivity index (χ3v) is 4.82. The van der Waals surface area contributed by atoms with Crippen LogP contribution in [0.2, 0.25) is 0 Å². The zero-order chi connectivity index (χ0) is 11.2. The van der Waals surface area contributed by atoms with Crippen molar-refractivity contribution in [2.75, 3.05) is 6.54 Å². The van der Waals surface area contributed by atoms with Gasteiger partial charge >= 0.3 is 0 Å². The lowest BCUT2D eigenvalue weighted by Gasteiger charge is -2.10. The SMILES string of the molecule is CCN1C(=O)c2ccc(I)cc2S1(=O)=O. The molecule has 0 fully saturated rings. The number of amides is 1. The fourth-order valence-electron chi connectivity index (χ4n) is 1.56. The first-order valence-electron chi connectivity index (χ1n) is 4.35. The van der Waals surface area contributed by atoms with Crippen molar-refractivity contribution in [2.24, 2.45) is 0 Å². The number of fused-ring (bicyclic) bond motifs is 1. The van der Waals surface area contributed by atoms with Crippen molar-refractivity contribution < 1.29 is 13.2 Å². The largest absolute Gasteiger partial charge is 0.268 e. The maximum absolute atomic E-state index is 11.9. The molecule has 6 heteroatoms. The second-order valence-electron chi connectivity index (χ2n) is 3.12. The molecule has 0 spiro atoms. The van der Waals surface area contributed by atoms with Crippen molar-refractivity contribution in [3.8, 4) is 0 Å². The average molecular weight is 337 g/mol. The van der Waals surface area contributed by atoms with Gasteiger partial charge in [-0.15, -0.1) is 0 Å². The summed E-state index contributed by atoms with van der Waals surface area (Å²) >= 11 is 2.02. The highest BCUT2D eigenvalue weighted by Crippen LogP contribution is 2.30. The highest BCUT2D eigenvalue weighted by Gasteiger charge is 2.39. The number of nitrogens with zero attached hydrogens (tertiary/aromatic N) is 1. The van der Waals surface area contributed by atoms with Gasteiger partial charge in [0.2, 0.25) is 0 Å². The van der Waals surface area contributed by atoms with Gasteiger partial charge in [-0.25, -0.2) is 12.7 Å². The van der Waals surface area contributed by atoms with Gasteiger partial charge in [-0.1, -0.05) is 0 Å². The van der Waals surface area contributed by atoms with E-state index in [0.717, 1.165) is 7.88 Å². The summed E-state index contributed by atoms with van der Waals surface area (Å²) in [5.41, 5.74) is 0.275. The number of halogens is 1. The van der Waals surface area contributed by atoms with Gasteiger partial charge < -0.3 is 0 Å². The van der Waals surface area contributed by atoms with Crippen molar-refractivity contribution in [3.63, 3.8) is 0 Å². The van der Waals surface area contributed by atoms with Gasteiger partial charge in [0.25, 0.3) is 15.9 Å². The molecule has 15 heavy (non-hydrogen) atoms. The minimum atomic E-state index is -3.59. The molecule has 80 valence electrons. The van der Waals surface area contributed by atoms with Crippen LogP contribution in [-0.2, 0) is 10.0 Å². The molecule has 0 atom stereocenters. The molecule has 2 rings (SSSR count). The molecule has 0 radical (unpaired) electrons. The summed E-state index contributed by atoms with van der Waals surface area (Å²) in [7, 11) is -3.59. The number of rotatable bonds is 1. The van der Waals surface area contributed by atoms with Gasteiger partial charge in [-0.3, -0.25) is 4.79 Å². The Labute approximate surface area is 101 Å². The van der Waals surface area contributed by atoms with Gasteiger partial charge in [0.05, 0.1) is 5.56 Å². The zero-order valence-corrected chi connectivity index (χ0v) is 10.9. The van der Waals surface area contributed by atoms with Crippen LogP contribution in [0.5, 0.6) is 0 Å². The van der Waals surface area contributed by atoms with E-state index in [1.54, 1.807) is 19.1 Å². The maximum Gasteiger partial charge on any atom is 0.268 e. The average Bonchev–Trinajstić information content (AvgIpc) is 2.35. The molecule has 1 aliphatic heterocycles. The van der Waals surface area contributed by atoms with Gasteiger partial charge in [-0.05, 0) is 47.7 Å². The lowest BCUT2D eigenvalue weighted by atomic mass is 10.2. The summed E-state index contributed by atoms with van der Waals surface area (Å²) in [6.45, 7) is 1.82. The van der Waals surface area contributed by atoms with E-state index >= 15 is 0 Å². The molecular weight excluding hydrogens is 329 g/mol. The number of hydrogen-bond acceptors (Lipinski definition) is 3. The summed E-state index contributed by atoms with van der Waals surface area (Å²) in [6.07, 6.45) is 0. The van der Waals surface area contributed by atoms with Crippen LogP contribution >= 0.6 is 22.6 Å². The van der Waals surface area contributed by atoms with Crippen molar-refractivity contribution in [1.82, 2.24) is 4.31 Å². The Hall–Kier alpha value is -0.630. The van der Waals surface area contributed by atoms with Crippen LogP contribution in [0, 0.1) is 3.57 Å². The Bertz CT molecular complexity index is 538. The Morgan fingerprint density at radius 1 is 1.40 bits per heavy atom.